The third kappa shape index (κ3) is 4.05. The molecule has 2 nitrogen and oxygen atoms in total. The highest BCUT2D eigenvalue weighted by molar-refractivity contribution is 7.11. The quantitative estimate of drug-likeness (QED) is 0.821. The van der Waals surface area contributed by atoms with Crippen molar-refractivity contribution in [2.45, 2.75) is 32.7 Å². The van der Waals surface area contributed by atoms with Gasteiger partial charge in [-0.1, -0.05) is 19.9 Å². The van der Waals surface area contributed by atoms with E-state index in [0.29, 0.717) is 5.75 Å². The molecule has 2 rings (SSSR count). The molecule has 0 aliphatic carbocycles. The summed E-state index contributed by atoms with van der Waals surface area (Å²) in [4.78, 5) is 2.72. The molecule has 114 valence electrons. The second-order valence-electron chi connectivity index (χ2n) is 4.93. The number of methoxy groups -OCH3 is 1. The number of thiophene rings is 1. The van der Waals surface area contributed by atoms with E-state index in [-0.39, 0.29) is 11.9 Å². The molecule has 0 fully saturated rings. The van der Waals surface area contributed by atoms with Gasteiger partial charge in [0.05, 0.1) is 7.11 Å². The van der Waals surface area contributed by atoms with Crippen LogP contribution in [0.5, 0.6) is 5.75 Å². The molecule has 1 aromatic heterocycles. The second-order valence-corrected chi connectivity index (χ2v) is 6.18. The largest absolute Gasteiger partial charge is 0.494 e. The van der Waals surface area contributed by atoms with Crippen LogP contribution in [0.15, 0.2) is 30.3 Å². The Balaban J connectivity index is 2.19. The van der Waals surface area contributed by atoms with E-state index in [4.69, 9.17) is 4.74 Å². The van der Waals surface area contributed by atoms with Crippen LogP contribution in [0, 0.1) is 5.82 Å². The van der Waals surface area contributed by atoms with Crippen molar-refractivity contribution < 1.29 is 9.13 Å². The molecule has 21 heavy (non-hydrogen) atoms. The van der Waals surface area contributed by atoms with Crippen molar-refractivity contribution >= 4 is 11.3 Å². The van der Waals surface area contributed by atoms with E-state index >= 15 is 0 Å². The fourth-order valence-corrected chi connectivity index (χ4v) is 3.38. The SMILES string of the molecule is CCNC(Cc1ccc(CC)s1)c1ccc(OC)c(F)c1. The highest BCUT2D eigenvalue weighted by atomic mass is 32.1. The Bertz CT molecular complexity index is 582. The van der Waals surface area contributed by atoms with Gasteiger partial charge in [0, 0.05) is 22.2 Å². The molecule has 1 aromatic carbocycles. The van der Waals surface area contributed by atoms with Crippen molar-refractivity contribution in [1.82, 2.24) is 5.32 Å². The standard InChI is InChI=1S/C17H22FNOS/c1-4-13-7-8-14(21-13)11-16(19-5-2)12-6-9-17(20-3)15(18)10-12/h6-10,16,19H,4-5,11H2,1-3H3. The minimum absolute atomic E-state index is 0.124. The molecule has 0 saturated heterocycles. The highest BCUT2D eigenvalue weighted by Gasteiger charge is 2.15. The van der Waals surface area contributed by atoms with Crippen LogP contribution in [0.2, 0.25) is 0 Å². The summed E-state index contributed by atoms with van der Waals surface area (Å²) in [7, 11) is 1.48. The van der Waals surface area contributed by atoms with E-state index in [9.17, 15) is 4.39 Å². The molecule has 1 atom stereocenters. The Hall–Kier alpha value is -1.39. The molecule has 1 N–H and O–H groups in total. The molecule has 1 heterocycles. The van der Waals surface area contributed by atoms with Crippen LogP contribution in [-0.4, -0.2) is 13.7 Å². The van der Waals surface area contributed by atoms with Gasteiger partial charge in [0.15, 0.2) is 11.6 Å². The molecule has 0 aliphatic rings. The molecular weight excluding hydrogens is 285 g/mol. The van der Waals surface area contributed by atoms with Crippen LogP contribution in [0.4, 0.5) is 4.39 Å². The topological polar surface area (TPSA) is 21.3 Å². The molecule has 0 saturated carbocycles. The maximum atomic E-state index is 13.9. The van der Waals surface area contributed by atoms with Crippen molar-refractivity contribution in [3.8, 4) is 5.75 Å². The Labute approximate surface area is 130 Å². The van der Waals surface area contributed by atoms with Gasteiger partial charge in [-0.05, 0) is 42.8 Å². The van der Waals surface area contributed by atoms with Crippen LogP contribution in [0.1, 0.15) is 35.2 Å². The van der Waals surface area contributed by atoms with Crippen molar-refractivity contribution in [1.29, 1.82) is 0 Å². The molecule has 0 radical (unpaired) electrons. The number of nitrogens with one attached hydrogen (secondary N) is 1. The lowest BCUT2D eigenvalue weighted by Gasteiger charge is -2.18. The minimum Gasteiger partial charge on any atom is -0.494 e. The fraction of sp³-hybridized carbons (Fsp3) is 0.412. The summed E-state index contributed by atoms with van der Waals surface area (Å²) in [6.07, 6.45) is 1.94. The van der Waals surface area contributed by atoms with Crippen molar-refractivity contribution in [3.63, 3.8) is 0 Å². The Morgan fingerprint density at radius 3 is 2.52 bits per heavy atom. The van der Waals surface area contributed by atoms with E-state index in [1.54, 1.807) is 12.1 Å². The molecule has 0 amide bonds. The first-order valence-electron chi connectivity index (χ1n) is 7.32. The fourth-order valence-electron chi connectivity index (χ4n) is 2.38. The third-order valence-electron chi connectivity index (χ3n) is 3.50. The van der Waals surface area contributed by atoms with Gasteiger partial charge in [0.1, 0.15) is 0 Å². The van der Waals surface area contributed by atoms with Crippen molar-refractivity contribution in [2.24, 2.45) is 0 Å². The van der Waals surface area contributed by atoms with Crippen LogP contribution in [-0.2, 0) is 12.8 Å². The number of ether oxygens (including phenoxy) is 1. The van der Waals surface area contributed by atoms with E-state index in [2.05, 4.69) is 31.3 Å². The first-order valence-corrected chi connectivity index (χ1v) is 8.14. The Morgan fingerprint density at radius 1 is 1.19 bits per heavy atom. The average molecular weight is 307 g/mol. The Kier molecular flexibility index (Phi) is 5.76. The predicted molar refractivity (Wildman–Crippen MR) is 86.8 cm³/mol. The second kappa shape index (κ2) is 7.57. The van der Waals surface area contributed by atoms with Crippen LogP contribution in [0.3, 0.4) is 0 Å². The van der Waals surface area contributed by atoms with Gasteiger partial charge in [-0.2, -0.15) is 0 Å². The number of hydrogen-bond donors (Lipinski definition) is 1. The minimum atomic E-state index is -0.307. The summed E-state index contributed by atoms with van der Waals surface area (Å²) in [5.74, 6) is -0.0169. The number of benzene rings is 1. The smallest absolute Gasteiger partial charge is 0.165 e. The first kappa shape index (κ1) is 16.0. The monoisotopic (exact) mass is 307 g/mol. The molecule has 2 aromatic rings. The van der Waals surface area contributed by atoms with Gasteiger partial charge >= 0.3 is 0 Å². The normalized spacial score (nSPS) is 12.4. The lowest BCUT2D eigenvalue weighted by atomic mass is 10.0. The van der Waals surface area contributed by atoms with E-state index in [1.165, 1.54) is 16.9 Å². The van der Waals surface area contributed by atoms with Gasteiger partial charge in [-0.15, -0.1) is 11.3 Å². The lowest BCUT2D eigenvalue weighted by Crippen LogP contribution is -2.22. The number of likely N-dealkylation sites (N-methyl/N-ethyl adjacent to an activating group) is 1. The van der Waals surface area contributed by atoms with Crippen molar-refractivity contribution in [2.75, 3.05) is 13.7 Å². The van der Waals surface area contributed by atoms with Crippen LogP contribution < -0.4 is 10.1 Å². The number of halogens is 1. The zero-order chi connectivity index (χ0) is 15.2. The Morgan fingerprint density at radius 2 is 1.95 bits per heavy atom. The van der Waals surface area contributed by atoms with Gasteiger partial charge < -0.3 is 10.1 Å². The van der Waals surface area contributed by atoms with Gasteiger partial charge in [-0.3, -0.25) is 0 Å². The third-order valence-corrected chi connectivity index (χ3v) is 4.75. The maximum Gasteiger partial charge on any atom is 0.165 e. The number of hydrogen-bond acceptors (Lipinski definition) is 3. The van der Waals surface area contributed by atoms with E-state index in [1.807, 2.05) is 17.4 Å². The highest BCUT2D eigenvalue weighted by Crippen LogP contribution is 2.27. The zero-order valence-electron chi connectivity index (χ0n) is 12.8. The summed E-state index contributed by atoms with van der Waals surface area (Å²) in [5.41, 5.74) is 0.960. The number of aryl methyl sites for hydroxylation is 1. The maximum absolute atomic E-state index is 13.9. The van der Waals surface area contributed by atoms with Crippen molar-refractivity contribution in [3.05, 3.63) is 51.5 Å². The number of rotatable bonds is 7. The summed E-state index contributed by atoms with van der Waals surface area (Å²) < 4.78 is 18.9. The zero-order valence-corrected chi connectivity index (χ0v) is 13.6. The summed E-state index contributed by atoms with van der Waals surface area (Å²) in [6.45, 7) is 5.08. The van der Waals surface area contributed by atoms with Crippen LogP contribution in [0.25, 0.3) is 0 Å². The van der Waals surface area contributed by atoms with Gasteiger partial charge in [0.2, 0.25) is 0 Å². The van der Waals surface area contributed by atoms with Gasteiger partial charge in [0.25, 0.3) is 0 Å². The average Bonchev–Trinajstić information content (AvgIpc) is 2.94. The lowest BCUT2D eigenvalue weighted by molar-refractivity contribution is 0.385. The molecule has 0 aliphatic heterocycles. The van der Waals surface area contributed by atoms with E-state index < -0.39 is 0 Å². The first-order chi connectivity index (χ1) is 10.2. The summed E-state index contributed by atoms with van der Waals surface area (Å²) in [6, 6.07) is 9.68. The molecule has 0 bridgehead atoms. The predicted octanol–water partition coefficient (Wildman–Crippen LogP) is 4.35. The molecular formula is C17H22FNOS. The summed E-state index contributed by atoms with van der Waals surface area (Å²) >= 11 is 1.84. The molecule has 0 spiro atoms. The summed E-state index contributed by atoms with van der Waals surface area (Å²) in [5, 5.41) is 3.44. The van der Waals surface area contributed by atoms with Gasteiger partial charge in [-0.25, -0.2) is 4.39 Å². The van der Waals surface area contributed by atoms with E-state index in [0.717, 1.165) is 24.9 Å². The molecule has 4 heteroatoms. The molecule has 1 unspecified atom stereocenters. The van der Waals surface area contributed by atoms with Crippen LogP contribution >= 0.6 is 11.3 Å².